The molecule has 2 aromatic rings. The number of nitrogens with one attached hydrogen (secondary N) is 2. The average Bonchev–Trinajstić information content (AvgIpc) is 3.12. The number of hydrogen-bond donors (Lipinski definition) is 2. The smallest absolute Gasteiger partial charge is 0.191 e. The van der Waals surface area contributed by atoms with Crippen molar-refractivity contribution < 1.29 is 9.47 Å². The molecular formula is C18H26N4O2S. The number of hydrogen-bond acceptors (Lipinski definition) is 5. The summed E-state index contributed by atoms with van der Waals surface area (Å²) in [6, 6.07) is 5.75. The molecule has 0 fully saturated rings. The van der Waals surface area contributed by atoms with E-state index in [0.29, 0.717) is 13.1 Å². The van der Waals surface area contributed by atoms with E-state index in [-0.39, 0.29) is 0 Å². The number of aliphatic imine (C=N–C) groups is 1. The molecular weight excluding hydrogens is 336 g/mol. The highest BCUT2D eigenvalue weighted by atomic mass is 32.1. The van der Waals surface area contributed by atoms with E-state index >= 15 is 0 Å². The van der Waals surface area contributed by atoms with Gasteiger partial charge in [-0.05, 0) is 25.5 Å². The zero-order valence-corrected chi connectivity index (χ0v) is 16.1. The van der Waals surface area contributed by atoms with Crippen molar-refractivity contribution in [3.8, 4) is 11.5 Å². The second-order valence-electron chi connectivity index (χ2n) is 5.31. The quantitative estimate of drug-likeness (QED) is 0.558. The van der Waals surface area contributed by atoms with Crippen LogP contribution in [0.4, 0.5) is 0 Å². The first-order chi connectivity index (χ1) is 12.2. The van der Waals surface area contributed by atoms with Gasteiger partial charge in [-0.1, -0.05) is 6.92 Å². The Bertz CT molecular complexity index is 700. The summed E-state index contributed by atoms with van der Waals surface area (Å²) in [5, 5.41) is 9.81. The minimum atomic E-state index is 0.514. The van der Waals surface area contributed by atoms with Gasteiger partial charge in [0.15, 0.2) is 5.96 Å². The molecule has 2 rings (SSSR count). The maximum atomic E-state index is 5.43. The number of rotatable bonds is 8. The van der Waals surface area contributed by atoms with E-state index < -0.39 is 0 Å². The van der Waals surface area contributed by atoms with E-state index in [1.807, 2.05) is 25.1 Å². The summed E-state index contributed by atoms with van der Waals surface area (Å²) >= 11 is 1.69. The van der Waals surface area contributed by atoms with E-state index in [9.17, 15) is 0 Å². The van der Waals surface area contributed by atoms with Gasteiger partial charge in [0.25, 0.3) is 0 Å². The normalized spacial score (nSPS) is 11.3. The van der Waals surface area contributed by atoms with Crippen molar-refractivity contribution in [1.82, 2.24) is 15.6 Å². The Balaban J connectivity index is 2.03. The van der Waals surface area contributed by atoms with Crippen molar-refractivity contribution in [1.29, 1.82) is 0 Å². The molecule has 2 N–H and O–H groups in total. The second-order valence-corrected chi connectivity index (χ2v) is 6.26. The molecule has 7 heteroatoms. The van der Waals surface area contributed by atoms with Gasteiger partial charge in [0.05, 0.1) is 38.0 Å². The minimum absolute atomic E-state index is 0.514. The first kappa shape index (κ1) is 19.1. The minimum Gasteiger partial charge on any atom is -0.497 e. The van der Waals surface area contributed by atoms with Crippen molar-refractivity contribution in [3.63, 3.8) is 0 Å². The van der Waals surface area contributed by atoms with Crippen molar-refractivity contribution in [2.45, 2.75) is 33.4 Å². The zero-order chi connectivity index (χ0) is 18.1. The van der Waals surface area contributed by atoms with Crippen LogP contribution in [0, 0.1) is 0 Å². The van der Waals surface area contributed by atoms with Crippen LogP contribution in [-0.4, -0.2) is 31.7 Å². The Morgan fingerprint density at radius 2 is 2.04 bits per heavy atom. The van der Waals surface area contributed by atoms with Crippen LogP contribution >= 0.6 is 11.3 Å². The SMILES string of the molecule is CCNC(=NCc1ccc(OC)cc1OC)NCc1csc(CC)n1. The highest BCUT2D eigenvalue weighted by Crippen LogP contribution is 2.25. The fraction of sp³-hybridized carbons (Fsp3) is 0.444. The van der Waals surface area contributed by atoms with E-state index in [2.05, 4.69) is 32.9 Å². The molecule has 1 aromatic heterocycles. The number of guanidine groups is 1. The van der Waals surface area contributed by atoms with Crippen LogP contribution in [-0.2, 0) is 19.5 Å². The molecule has 0 atom stereocenters. The Morgan fingerprint density at radius 3 is 2.68 bits per heavy atom. The number of aryl methyl sites for hydroxylation is 1. The van der Waals surface area contributed by atoms with E-state index in [1.54, 1.807) is 25.6 Å². The van der Waals surface area contributed by atoms with E-state index in [1.165, 1.54) is 0 Å². The fourth-order valence-corrected chi connectivity index (χ4v) is 3.00. The lowest BCUT2D eigenvalue weighted by atomic mass is 10.2. The van der Waals surface area contributed by atoms with Crippen LogP contribution in [0.2, 0.25) is 0 Å². The number of ether oxygens (including phenoxy) is 2. The number of nitrogens with zero attached hydrogens (tertiary/aromatic N) is 2. The average molecular weight is 362 g/mol. The van der Waals surface area contributed by atoms with Crippen LogP contribution in [0.15, 0.2) is 28.6 Å². The van der Waals surface area contributed by atoms with Crippen LogP contribution < -0.4 is 20.1 Å². The van der Waals surface area contributed by atoms with Gasteiger partial charge in [0.2, 0.25) is 0 Å². The van der Waals surface area contributed by atoms with Crippen LogP contribution in [0.1, 0.15) is 30.1 Å². The number of thiazole rings is 1. The Labute approximate surface area is 153 Å². The summed E-state index contributed by atoms with van der Waals surface area (Å²) < 4.78 is 10.7. The van der Waals surface area contributed by atoms with Gasteiger partial charge >= 0.3 is 0 Å². The number of benzene rings is 1. The molecule has 0 bridgehead atoms. The lowest BCUT2D eigenvalue weighted by molar-refractivity contribution is 0.391. The standard InChI is InChI=1S/C18H26N4O2S/c1-5-17-22-14(12-25-17)11-21-18(19-6-2)20-10-13-7-8-15(23-3)9-16(13)24-4/h7-9,12H,5-6,10-11H2,1-4H3,(H2,19,20,21). The van der Waals surface area contributed by atoms with Gasteiger partial charge in [0.1, 0.15) is 11.5 Å². The Morgan fingerprint density at radius 1 is 1.20 bits per heavy atom. The molecule has 0 aliphatic carbocycles. The third-order valence-corrected chi connectivity index (χ3v) is 4.63. The topological polar surface area (TPSA) is 67.8 Å². The number of methoxy groups -OCH3 is 2. The molecule has 25 heavy (non-hydrogen) atoms. The Hall–Kier alpha value is -2.28. The van der Waals surface area contributed by atoms with Crippen molar-refractivity contribution in [2.24, 2.45) is 4.99 Å². The zero-order valence-electron chi connectivity index (χ0n) is 15.3. The molecule has 136 valence electrons. The summed E-state index contributed by atoms with van der Waals surface area (Å²) in [4.78, 5) is 9.20. The van der Waals surface area contributed by atoms with Gasteiger partial charge in [-0.15, -0.1) is 11.3 Å². The van der Waals surface area contributed by atoms with Gasteiger partial charge in [0, 0.05) is 23.6 Å². The Kier molecular flexibility index (Phi) is 7.53. The maximum Gasteiger partial charge on any atom is 0.191 e. The van der Waals surface area contributed by atoms with E-state index in [0.717, 1.165) is 46.7 Å². The van der Waals surface area contributed by atoms with E-state index in [4.69, 9.17) is 9.47 Å². The molecule has 0 spiro atoms. The van der Waals surface area contributed by atoms with Gasteiger partial charge < -0.3 is 20.1 Å². The van der Waals surface area contributed by atoms with Crippen LogP contribution in [0.5, 0.6) is 11.5 Å². The van der Waals surface area contributed by atoms with Crippen LogP contribution in [0.3, 0.4) is 0 Å². The molecule has 0 saturated carbocycles. The molecule has 0 aliphatic heterocycles. The molecule has 6 nitrogen and oxygen atoms in total. The molecule has 1 heterocycles. The molecule has 0 radical (unpaired) electrons. The first-order valence-electron chi connectivity index (χ1n) is 8.36. The highest BCUT2D eigenvalue weighted by Gasteiger charge is 2.06. The third-order valence-electron chi connectivity index (χ3n) is 3.58. The lowest BCUT2D eigenvalue weighted by Gasteiger charge is -2.12. The summed E-state index contributed by atoms with van der Waals surface area (Å²) in [6.45, 7) is 6.12. The fourth-order valence-electron chi connectivity index (χ4n) is 2.26. The third kappa shape index (κ3) is 5.63. The molecule has 0 unspecified atom stereocenters. The number of aromatic nitrogens is 1. The van der Waals surface area contributed by atoms with Crippen molar-refractivity contribution in [3.05, 3.63) is 39.8 Å². The van der Waals surface area contributed by atoms with Gasteiger partial charge in [-0.2, -0.15) is 0 Å². The summed E-state index contributed by atoms with van der Waals surface area (Å²) in [6.07, 6.45) is 0.968. The van der Waals surface area contributed by atoms with Gasteiger partial charge in [-0.25, -0.2) is 9.98 Å². The predicted molar refractivity (Wildman–Crippen MR) is 103 cm³/mol. The monoisotopic (exact) mass is 362 g/mol. The molecule has 0 amide bonds. The maximum absolute atomic E-state index is 5.43. The van der Waals surface area contributed by atoms with Crippen molar-refractivity contribution in [2.75, 3.05) is 20.8 Å². The summed E-state index contributed by atoms with van der Waals surface area (Å²) in [5.74, 6) is 2.29. The predicted octanol–water partition coefficient (Wildman–Crippen LogP) is 2.98. The molecule has 0 aliphatic rings. The summed E-state index contributed by atoms with van der Waals surface area (Å²) in [5.41, 5.74) is 2.04. The lowest BCUT2D eigenvalue weighted by Crippen LogP contribution is -2.36. The van der Waals surface area contributed by atoms with Gasteiger partial charge in [-0.3, -0.25) is 0 Å². The first-order valence-corrected chi connectivity index (χ1v) is 9.24. The largest absolute Gasteiger partial charge is 0.497 e. The summed E-state index contributed by atoms with van der Waals surface area (Å²) in [7, 11) is 3.29. The highest BCUT2D eigenvalue weighted by molar-refractivity contribution is 7.09. The second kappa shape index (κ2) is 9.88. The van der Waals surface area contributed by atoms with Crippen molar-refractivity contribution >= 4 is 17.3 Å². The molecule has 0 saturated heterocycles. The molecule has 1 aromatic carbocycles. The van der Waals surface area contributed by atoms with Crippen LogP contribution in [0.25, 0.3) is 0 Å².